The molecule has 0 unspecified atom stereocenters. The first-order valence-electron chi connectivity index (χ1n) is 10.2. The van der Waals surface area contributed by atoms with Gasteiger partial charge in [-0.1, -0.05) is 18.2 Å². The number of aromatic nitrogens is 2. The highest BCUT2D eigenvalue weighted by atomic mass is 16.5. The van der Waals surface area contributed by atoms with E-state index in [2.05, 4.69) is 10.6 Å². The van der Waals surface area contributed by atoms with Crippen LogP contribution in [0.15, 0.2) is 66.0 Å². The summed E-state index contributed by atoms with van der Waals surface area (Å²) < 4.78 is 17.5. The summed E-state index contributed by atoms with van der Waals surface area (Å²) in [5, 5.41) is 10.3. The number of esters is 1. The first-order chi connectivity index (χ1) is 16.0. The van der Waals surface area contributed by atoms with Gasteiger partial charge >= 0.3 is 12.0 Å². The monoisotopic (exact) mass is 448 g/mol. The summed E-state index contributed by atoms with van der Waals surface area (Å²) in [4.78, 5) is 25.0. The topological polar surface area (TPSA) is 104 Å². The second-order valence-corrected chi connectivity index (χ2v) is 7.34. The molecule has 2 N–H and O–H groups in total. The van der Waals surface area contributed by atoms with Gasteiger partial charge in [0.2, 0.25) is 0 Å². The van der Waals surface area contributed by atoms with Crippen LogP contribution in [0.5, 0.6) is 11.5 Å². The Bertz CT molecular complexity index is 1230. The van der Waals surface area contributed by atoms with Crippen LogP contribution in [0, 0.1) is 0 Å². The largest absolute Gasteiger partial charge is 0.493 e. The van der Waals surface area contributed by atoms with E-state index in [1.807, 2.05) is 36.4 Å². The number of hydrogen-bond donors (Lipinski definition) is 2. The number of allylic oxidation sites excluding steroid dienone is 1. The van der Waals surface area contributed by atoms with Crippen molar-refractivity contribution in [2.24, 2.45) is 0 Å². The fourth-order valence-corrected chi connectivity index (χ4v) is 3.83. The summed E-state index contributed by atoms with van der Waals surface area (Å²) in [5.74, 6) is 0.562. The minimum atomic E-state index is -0.772. The molecule has 0 aliphatic carbocycles. The van der Waals surface area contributed by atoms with E-state index >= 15 is 0 Å². The Balaban J connectivity index is 1.94. The Hall–Kier alpha value is -4.27. The molecule has 4 rings (SSSR count). The van der Waals surface area contributed by atoms with Crippen molar-refractivity contribution in [2.75, 3.05) is 21.3 Å². The van der Waals surface area contributed by atoms with Crippen LogP contribution in [0.1, 0.15) is 18.5 Å². The number of rotatable bonds is 6. The maximum Gasteiger partial charge on any atom is 0.337 e. The van der Waals surface area contributed by atoms with Crippen LogP contribution in [0.3, 0.4) is 0 Å². The van der Waals surface area contributed by atoms with Gasteiger partial charge in [0.05, 0.1) is 44.3 Å². The van der Waals surface area contributed by atoms with Crippen molar-refractivity contribution in [3.8, 4) is 28.4 Å². The predicted octanol–water partition coefficient (Wildman–Crippen LogP) is 3.36. The molecule has 1 atom stereocenters. The minimum Gasteiger partial charge on any atom is -0.493 e. The number of carbonyl (C=O) groups is 2. The Labute approximate surface area is 191 Å². The third kappa shape index (κ3) is 4.12. The van der Waals surface area contributed by atoms with Crippen LogP contribution in [0.25, 0.3) is 16.9 Å². The van der Waals surface area contributed by atoms with Crippen LogP contribution >= 0.6 is 0 Å². The molecule has 9 heteroatoms. The van der Waals surface area contributed by atoms with E-state index in [0.29, 0.717) is 34.0 Å². The molecule has 2 amide bonds. The molecule has 9 nitrogen and oxygen atoms in total. The van der Waals surface area contributed by atoms with Crippen LogP contribution in [-0.4, -0.2) is 43.1 Å². The smallest absolute Gasteiger partial charge is 0.337 e. The van der Waals surface area contributed by atoms with Crippen molar-refractivity contribution in [2.45, 2.75) is 13.0 Å². The first kappa shape index (κ1) is 21.9. The van der Waals surface area contributed by atoms with Crippen LogP contribution in [0.2, 0.25) is 0 Å². The Morgan fingerprint density at radius 3 is 2.42 bits per heavy atom. The quantitative estimate of drug-likeness (QED) is 0.561. The maximum absolute atomic E-state index is 12.6. The van der Waals surface area contributed by atoms with Gasteiger partial charge in [-0.2, -0.15) is 5.10 Å². The average Bonchev–Trinajstić information content (AvgIpc) is 3.28. The fraction of sp³-hybridized carbons (Fsp3) is 0.208. The molecule has 0 saturated carbocycles. The highest BCUT2D eigenvalue weighted by molar-refractivity contribution is 5.95. The lowest BCUT2D eigenvalue weighted by Gasteiger charge is -2.27. The van der Waals surface area contributed by atoms with Gasteiger partial charge in [0, 0.05) is 23.0 Å². The van der Waals surface area contributed by atoms with Crippen LogP contribution in [-0.2, 0) is 9.53 Å². The molecule has 0 bridgehead atoms. The molecular formula is C24H24N4O5. The summed E-state index contributed by atoms with van der Waals surface area (Å²) in [6.45, 7) is 1.66. The van der Waals surface area contributed by atoms with Crippen LogP contribution < -0.4 is 20.1 Å². The van der Waals surface area contributed by atoms with Crippen molar-refractivity contribution in [3.63, 3.8) is 0 Å². The van der Waals surface area contributed by atoms with E-state index < -0.39 is 18.0 Å². The van der Waals surface area contributed by atoms with E-state index in [0.717, 1.165) is 11.3 Å². The number of methoxy groups -OCH3 is 3. The first-order valence-corrected chi connectivity index (χ1v) is 10.2. The van der Waals surface area contributed by atoms with Crippen molar-refractivity contribution in [1.29, 1.82) is 0 Å². The lowest BCUT2D eigenvalue weighted by Crippen LogP contribution is -2.45. The lowest BCUT2D eigenvalue weighted by atomic mass is 9.93. The zero-order chi connectivity index (χ0) is 23.5. The number of nitrogens with one attached hydrogen (secondary N) is 2. The number of para-hydroxylation sites is 1. The molecule has 1 aliphatic heterocycles. The third-order valence-corrected chi connectivity index (χ3v) is 5.41. The SMILES string of the molecule is COC(=O)C1=C(C)NC(=O)N[C@@H]1c1cn(-c2ccccc2)nc1-c1ccc(OC)c(OC)c1. The zero-order valence-electron chi connectivity index (χ0n) is 18.7. The predicted molar refractivity (Wildman–Crippen MR) is 121 cm³/mol. The van der Waals surface area contributed by atoms with Gasteiger partial charge in [0.1, 0.15) is 0 Å². The van der Waals surface area contributed by atoms with Crippen molar-refractivity contribution >= 4 is 12.0 Å². The van der Waals surface area contributed by atoms with Crippen LogP contribution in [0.4, 0.5) is 4.79 Å². The molecule has 1 aliphatic rings. The highest BCUT2D eigenvalue weighted by Crippen LogP contribution is 2.38. The molecule has 33 heavy (non-hydrogen) atoms. The number of carbonyl (C=O) groups excluding carboxylic acids is 2. The maximum atomic E-state index is 12.6. The third-order valence-electron chi connectivity index (χ3n) is 5.41. The summed E-state index contributed by atoms with van der Waals surface area (Å²) in [5.41, 5.74) is 3.47. The molecular weight excluding hydrogens is 424 g/mol. The summed E-state index contributed by atoms with van der Waals surface area (Å²) in [7, 11) is 4.42. The number of ether oxygens (including phenoxy) is 3. The van der Waals surface area contributed by atoms with Gasteiger partial charge in [0.15, 0.2) is 11.5 Å². The Kier molecular flexibility index (Phi) is 6.03. The zero-order valence-corrected chi connectivity index (χ0v) is 18.7. The van der Waals surface area contributed by atoms with Crippen molar-refractivity contribution < 1.29 is 23.8 Å². The minimum absolute atomic E-state index is 0.298. The number of amides is 2. The Morgan fingerprint density at radius 2 is 1.76 bits per heavy atom. The molecule has 0 spiro atoms. The van der Waals surface area contributed by atoms with Gasteiger partial charge in [-0.05, 0) is 37.3 Å². The number of benzene rings is 2. The molecule has 0 saturated heterocycles. The normalized spacial score (nSPS) is 15.5. The second-order valence-electron chi connectivity index (χ2n) is 7.34. The molecule has 0 radical (unpaired) electrons. The highest BCUT2D eigenvalue weighted by Gasteiger charge is 2.35. The molecule has 1 aromatic heterocycles. The van der Waals surface area contributed by atoms with E-state index in [1.165, 1.54) is 7.11 Å². The number of nitrogens with zero attached hydrogens (tertiary/aromatic N) is 2. The van der Waals surface area contributed by atoms with Gasteiger partial charge < -0.3 is 24.8 Å². The van der Waals surface area contributed by atoms with Gasteiger partial charge in [-0.15, -0.1) is 0 Å². The van der Waals surface area contributed by atoms with E-state index in [1.54, 1.807) is 44.2 Å². The lowest BCUT2D eigenvalue weighted by molar-refractivity contribution is -0.136. The standard InChI is InChI=1S/C24H24N4O5/c1-14-20(23(29)33-4)22(26-24(30)25-14)17-13-28(16-8-6-5-7-9-16)27-21(17)15-10-11-18(31-2)19(12-15)32-3/h5-13,22H,1-4H3,(H2,25,26,30)/t22-/m1/s1. The molecule has 170 valence electrons. The van der Waals surface area contributed by atoms with Crippen molar-refractivity contribution in [3.05, 3.63) is 71.6 Å². The molecule has 2 aromatic carbocycles. The van der Waals surface area contributed by atoms with Gasteiger partial charge in [-0.3, -0.25) is 0 Å². The summed E-state index contributed by atoms with van der Waals surface area (Å²) >= 11 is 0. The molecule has 2 heterocycles. The summed E-state index contributed by atoms with van der Waals surface area (Å²) in [6, 6.07) is 13.8. The number of hydrogen-bond acceptors (Lipinski definition) is 6. The molecule has 0 fully saturated rings. The number of urea groups is 1. The summed E-state index contributed by atoms with van der Waals surface area (Å²) in [6.07, 6.45) is 1.80. The van der Waals surface area contributed by atoms with E-state index in [-0.39, 0.29) is 0 Å². The fourth-order valence-electron chi connectivity index (χ4n) is 3.83. The van der Waals surface area contributed by atoms with Crippen molar-refractivity contribution in [1.82, 2.24) is 20.4 Å². The molecule has 3 aromatic rings. The Morgan fingerprint density at radius 1 is 1.03 bits per heavy atom. The van der Waals surface area contributed by atoms with Gasteiger partial charge in [0.25, 0.3) is 0 Å². The average molecular weight is 448 g/mol. The van der Waals surface area contributed by atoms with Gasteiger partial charge in [-0.25, -0.2) is 14.3 Å². The second kappa shape index (κ2) is 9.07. The van der Waals surface area contributed by atoms with E-state index in [4.69, 9.17) is 19.3 Å². The van der Waals surface area contributed by atoms with E-state index in [9.17, 15) is 9.59 Å².